The van der Waals surface area contributed by atoms with E-state index in [2.05, 4.69) is 11.9 Å². The van der Waals surface area contributed by atoms with Gasteiger partial charge in [0.1, 0.15) is 16.9 Å². The quantitative estimate of drug-likeness (QED) is 0.525. The van der Waals surface area contributed by atoms with Gasteiger partial charge in [0.05, 0.1) is 17.6 Å². The Balaban J connectivity index is 1.94. The molecule has 0 aliphatic heterocycles. The molecule has 6 heteroatoms. The number of benzene rings is 2. The van der Waals surface area contributed by atoms with E-state index in [9.17, 15) is 4.79 Å². The number of anilines is 1. The van der Waals surface area contributed by atoms with Crippen molar-refractivity contribution in [1.82, 2.24) is 14.5 Å². The molecule has 2 aromatic heterocycles. The molecule has 0 saturated carbocycles. The van der Waals surface area contributed by atoms with Gasteiger partial charge in [-0.1, -0.05) is 50.6 Å². The number of esters is 1. The first-order chi connectivity index (χ1) is 13.6. The molecule has 142 valence electrons. The molecule has 2 N–H and O–H groups in total. The van der Waals surface area contributed by atoms with Crippen LogP contribution in [0.3, 0.4) is 0 Å². The summed E-state index contributed by atoms with van der Waals surface area (Å²) < 4.78 is 7.29. The lowest BCUT2D eigenvalue weighted by Crippen LogP contribution is -2.13. The molecule has 6 nitrogen and oxygen atoms in total. The van der Waals surface area contributed by atoms with Gasteiger partial charge in [0.2, 0.25) is 0 Å². The Labute approximate surface area is 163 Å². The third-order valence-corrected chi connectivity index (χ3v) is 4.91. The Bertz CT molecular complexity index is 1150. The van der Waals surface area contributed by atoms with E-state index < -0.39 is 5.97 Å². The van der Waals surface area contributed by atoms with Crippen molar-refractivity contribution in [3.8, 4) is 5.69 Å². The van der Waals surface area contributed by atoms with Gasteiger partial charge < -0.3 is 10.5 Å². The summed E-state index contributed by atoms with van der Waals surface area (Å²) in [4.78, 5) is 22.3. The van der Waals surface area contributed by atoms with Crippen molar-refractivity contribution in [1.29, 1.82) is 0 Å². The van der Waals surface area contributed by atoms with E-state index in [4.69, 9.17) is 15.5 Å². The molecule has 0 bridgehead atoms. The first-order valence-electron chi connectivity index (χ1n) is 9.39. The van der Waals surface area contributed by atoms with Crippen molar-refractivity contribution in [2.45, 2.75) is 20.3 Å². The second-order valence-corrected chi connectivity index (χ2v) is 6.93. The standard InChI is InChI=1S/C22H22N4O2/c1-3-14(2)13-28-22(27)18-19-21(25-17-12-8-7-11-16(17)24-19)26(20(18)23)15-9-5-4-6-10-15/h4-12,14H,3,13,23H2,1-2H3/t14-/m0/s1. The number of aromatic nitrogens is 3. The number of rotatable bonds is 5. The van der Waals surface area contributed by atoms with Crippen LogP contribution in [0.25, 0.3) is 27.9 Å². The average Bonchev–Trinajstić information content (AvgIpc) is 3.01. The van der Waals surface area contributed by atoms with Crippen molar-refractivity contribution in [2.24, 2.45) is 5.92 Å². The molecule has 4 rings (SSSR count). The molecule has 0 saturated heterocycles. The lowest BCUT2D eigenvalue weighted by Gasteiger charge is -2.10. The number of nitrogens with zero attached hydrogens (tertiary/aromatic N) is 3. The van der Waals surface area contributed by atoms with Gasteiger partial charge >= 0.3 is 5.97 Å². The van der Waals surface area contributed by atoms with Crippen LogP contribution in [0.15, 0.2) is 54.6 Å². The minimum absolute atomic E-state index is 0.264. The van der Waals surface area contributed by atoms with Gasteiger partial charge in [-0.3, -0.25) is 4.57 Å². The normalized spacial score (nSPS) is 12.4. The molecule has 28 heavy (non-hydrogen) atoms. The zero-order valence-corrected chi connectivity index (χ0v) is 15.9. The number of para-hydroxylation sites is 3. The predicted octanol–water partition coefficient (Wildman–Crippen LogP) is 4.36. The minimum atomic E-state index is -0.470. The summed E-state index contributed by atoms with van der Waals surface area (Å²) in [6, 6.07) is 17.1. The molecule has 2 heterocycles. The fourth-order valence-electron chi connectivity index (χ4n) is 3.11. The van der Waals surface area contributed by atoms with E-state index in [1.165, 1.54) is 0 Å². The monoisotopic (exact) mass is 374 g/mol. The van der Waals surface area contributed by atoms with Gasteiger partial charge in [-0.05, 0) is 30.2 Å². The van der Waals surface area contributed by atoms with Crippen molar-refractivity contribution in [2.75, 3.05) is 12.3 Å². The van der Waals surface area contributed by atoms with E-state index >= 15 is 0 Å². The highest BCUT2D eigenvalue weighted by atomic mass is 16.5. The van der Waals surface area contributed by atoms with Gasteiger partial charge in [-0.2, -0.15) is 0 Å². The number of hydrogen-bond acceptors (Lipinski definition) is 5. The maximum Gasteiger partial charge on any atom is 0.344 e. The fourth-order valence-corrected chi connectivity index (χ4v) is 3.11. The van der Waals surface area contributed by atoms with E-state index in [1.54, 1.807) is 4.57 Å². The summed E-state index contributed by atoms with van der Waals surface area (Å²) in [5, 5.41) is 0. The number of nitrogen functional groups attached to an aromatic ring is 1. The van der Waals surface area contributed by atoms with Gasteiger partial charge in [-0.25, -0.2) is 14.8 Å². The Morgan fingerprint density at radius 1 is 1.07 bits per heavy atom. The van der Waals surface area contributed by atoms with Crippen LogP contribution in [0.2, 0.25) is 0 Å². The molecule has 0 fully saturated rings. The Kier molecular flexibility index (Phi) is 4.69. The second-order valence-electron chi connectivity index (χ2n) is 6.93. The highest BCUT2D eigenvalue weighted by Gasteiger charge is 2.26. The molecule has 0 unspecified atom stereocenters. The zero-order valence-electron chi connectivity index (χ0n) is 15.9. The van der Waals surface area contributed by atoms with Crippen LogP contribution in [0.4, 0.5) is 5.82 Å². The van der Waals surface area contributed by atoms with Crippen LogP contribution in [-0.2, 0) is 4.74 Å². The maximum atomic E-state index is 12.9. The highest BCUT2D eigenvalue weighted by molar-refractivity contribution is 6.09. The van der Waals surface area contributed by atoms with E-state index in [0.29, 0.717) is 23.3 Å². The molecule has 0 spiro atoms. The number of fused-ring (bicyclic) bond motifs is 2. The third-order valence-electron chi connectivity index (χ3n) is 4.91. The van der Waals surface area contributed by atoms with Crippen molar-refractivity contribution >= 4 is 34.0 Å². The lowest BCUT2D eigenvalue weighted by molar-refractivity contribution is 0.0450. The summed E-state index contributed by atoms with van der Waals surface area (Å²) in [6.07, 6.45) is 0.930. The van der Waals surface area contributed by atoms with Crippen LogP contribution >= 0.6 is 0 Å². The zero-order chi connectivity index (χ0) is 19.7. The number of nitrogens with two attached hydrogens (primary N) is 1. The largest absolute Gasteiger partial charge is 0.462 e. The molecule has 1 atom stereocenters. The molecule has 4 aromatic rings. The summed E-state index contributed by atoms with van der Waals surface area (Å²) in [5.41, 5.74) is 9.95. The van der Waals surface area contributed by atoms with Gasteiger partial charge in [-0.15, -0.1) is 0 Å². The Morgan fingerprint density at radius 3 is 2.39 bits per heavy atom. The summed E-state index contributed by atoms with van der Waals surface area (Å²) in [7, 11) is 0. The number of carbonyl (C=O) groups excluding carboxylic acids is 1. The van der Waals surface area contributed by atoms with Gasteiger partial charge in [0.25, 0.3) is 0 Å². The lowest BCUT2D eigenvalue weighted by atomic mass is 10.1. The van der Waals surface area contributed by atoms with Crippen LogP contribution in [0, 0.1) is 5.92 Å². The predicted molar refractivity (Wildman–Crippen MR) is 111 cm³/mol. The molecule has 0 aliphatic rings. The first-order valence-corrected chi connectivity index (χ1v) is 9.39. The number of hydrogen-bond donors (Lipinski definition) is 1. The second kappa shape index (κ2) is 7.31. The highest BCUT2D eigenvalue weighted by Crippen LogP contribution is 2.31. The number of ether oxygens (including phenoxy) is 1. The summed E-state index contributed by atoms with van der Waals surface area (Å²) >= 11 is 0. The van der Waals surface area contributed by atoms with Gasteiger partial charge in [0, 0.05) is 5.69 Å². The van der Waals surface area contributed by atoms with Gasteiger partial charge in [0.15, 0.2) is 5.65 Å². The Morgan fingerprint density at radius 2 is 1.71 bits per heavy atom. The van der Waals surface area contributed by atoms with Crippen molar-refractivity contribution in [3.05, 3.63) is 60.2 Å². The summed E-state index contributed by atoms with van der Waals surface area (Å²) in [5.74, 6) is 0.0901. The smallest absolute Gasteiger partial charge is 0.344 e. The molecule has 0 amide bonds. The molecule has 2 aromatic carbocycles. The SMILES string of the molecule is CC[C@H](C)COC(=O)c1c(N)n(-c2ccccc2)c2nc3ccccc3nc12. The van der Waals surface area contributed by atoms with E-state index in [0.717, 1.165) is 17.6 Å². The van der Waals surface area contributed by atoms with Crippen LogP contribution in [0.1, 0.15) is 30.6 Å². The minimum Gasteiger partial charge on any atom is -0.462 e. The van der Waals surface area contributed by atoms with Crippen molar-refractivity contribution < 1.29 is 9.53 Å². The van der Waals surface area contributed by atoms with Crippen LogP contribution in [0.5, 0.6) is 0 Å². The maximum absolute atomic E-state index is 12.9. The van der Waals surface area contributed by atoms with Crippen LogP contribution in [-0.4, -0.2) is 27.1 Å². The van der Waals surface area contributed by atoms with E-state index in [1.807, 2.05) is 61.5 Å². The third kappa shape index (κ3) is 3.07. The van der Waals surface area contributed by atoms with Crippen molar-refractivity contribution in [3.63, 3.8) is 0 Å². The van der Waals surface area contributed by atoms with Crippen LogP contribution < -0.4 is 5.73 Å². The number of carbonyl (C=O) groups is 1. The topological polar surface area (TPSA) is 83.0 Å². The fraction of sp³-hybridized carbons (Fsp3) is 0.227. The molecular formula is C22H22N4O2. The molecular weight excluding hydrogens is 352 g/mol. The Hall–Kier alpha value is -3.41. The molecule has 0 aliphatic carbocycles. The summed E-state index contributed by atoms with van der Waals surface area (Å²) in [6.45, 7) is 4.44. The van der Waals surface area contributed by atoms with E-state index in [-0.39, 0.29) is 17.3 Å². The first kappa shape index (κ1) is 18.0. The molecule has 0 radical (unpaired) electrons. The average molecular weight is 374 g/mol.